The lowest BCUT2D eigenvalue weighted by atomic mass is 10.1. The lowest BCUT2D eigenvalue weighted by Crippen LogP contribution is -2.29. The van der Waals surface area contributed by atoms with Gasteiger partial charge in [0.25, 0.3) is 5.91 Å². The van der Waals surface area contributed by atoms with Crippen LogP contribution in [0.3, 0.4) is 0 Å². The van der Waals surface area contributed by atoms with Crippen molar-refractivity contribution in [2.24, 2.45) is 5.92 Å². The fraction of sp³-hybridized carbons (Fsp3) is 0.385. The molecule has 0 saturated heterocycles. The Hall–Kier alpha value is -1.62. The molecule has 0 saturated carbocycles. The van der Waals surface area contributed by atoms with Gasteiger partial charge in [0, 0.05) is 18.0 Å². The number of carbonyl (C=O) groups excluding carboxylic acids is 1. The standard InChI is InChI=1S/C13H15ClFNO3/c1-8(2-5-12(17)18)7-16-13(19)10-4-3-9(14)6-11(10)15/h3-4,6,8H,2,5,7H2,1H3,(H,16,19)(H,17,18). The molecule has 0 aliphatic carbocycles. The Morgan fingerprint density at radius 1 is 1.47 bits per heavy atom. The van der Waals surface area contributed by atoms with Crippen LogP contribution in [0.4, 0.5) is 4.39 Å². The van der Waals surface area contributed by atoms with E-state index in [2.05, 4.69) is 5.32 Å². The highest BCUT2D eigenvalue weighted by Crippen LogP contribution is 2.14. The Bertz CT molecular complexity index is 479. The predicted molar refractivity (Wildman–Crippen MR) is 69.8 cm³/mol. The van der Waals surface area contributed by atoms with Crippen LogP contribution in [0.5, 0.6) is 0 Å². The number of benzene rings is 1. The Morgan fingerprint density at radius 3 is 2.74 bits per heavy atom. The van der Waals surface area contributed by atoms with E-state index in [1.54, 1.807) is 0 Å². The van der Waals surface area contributed by atoms with Crippen molar-refractivity contribution in [1.29, 1.82) is 0 Å². The van der Waals surface area contributed by atoms with Gasteiger partial charge >= 0.3 is 5.97 Å². The summed E-state index contributed by atoms with van der Waals surface area (Å²) in [5, 5.41) is 11.3. The zero-order chi connectivity index (χ0) is 14.4. The summed E-state index contributed by atoms with van der Waals surface area (Å²) in [6, 6.07) is 3.83. The van der Waals surface area contributed by atoms with E-state index in [1.807, 2.05) is 6.92 Å². The molecule has 1 atom stereocenters. The van der Waals surface area contributed by atoms with Crippen LogP contribution in [0.25, 0.3) is 0 Å². The number of hydrogen-bond acceptors (Lipinski definition) is 2. The summed E-state index contributed by atoms with van der Waals surface area (Å²) in [6.07, 6.45) is 0.505. The zero-order valence-electron chi connectivity index (χ0n) is 10.5. The van der Waals surface area contributed by atoms with Gasteiger partial charge in [0.2, 0.25) is 0 Å². The second-order valence-electron chi connectivity index (χ2n) is 4.37. The van der Waals surface area contributed by atoms with Gasteiger partial charge in [-0.3, -0.25) is 9.59 Å². The molecule has 104 valence electrons. The number of carbonyl (C=O) groups is 2. The molecule has 0 radical (unpaired) electrons. The van der Waals surface area contributed by atoms with Gasteiger partial charge in [-0.25, -0.2) is 4.39 Å². The maximum Gasteiger partial charge on any atom is 0.303 e. The summed E-state index contributed by atoms with van der Waals surface area (Å²) in [5.41, 5.74) is -0.0742. The molecular weight excluding hydrogens is 273 g/mol. The van der Waals surface area contributed by atoms with Crippen molar-refractivity contribution in [1.82, 2.24) is 5.32 Å². The van der Waals surface area contributed by atoms with Gasteiger partial charge < -0.3 is 10.4 Å². The van der Waals surface area contributed by atoms with Crippen LogP contribution in [0.2, 0.25) is 5.02 Å². The van der Waals surface area contributed by atoms with Crippen LogP contribution >= 0.6 is 11.6 Å². The predicted octanol–water partition coefficient (Wildman–Crippen LogP) is 2.71. The van der Waals surface area contributed by atoms with Gasteiger partial charge in [-0.05, 0) is 30.5 Å². The molecule has 0 heterocycles. The van der Waals surface area contributed by atoms with Gasteiger partial charge in [-0.15, -0.1) is 0 Å². The number of carboxylic acid groups (broad SMARTS) is 1. The Labute approximate surface area is 115 Å². The van der Waals surface area contributed by atoms with E-state index in [9.17, 15) is 14.0 Å². The first kappa shape index (κ1) is 15.4. The highest BCUT2D eigenvalue weighted by Gasteiger charge is 2.13. The molecule has 1 amide bonds. The third-order valence-electron chi connectivity index (χ3n) is 2.64. The molecule has 0 bridgehead atoms. The first-order valence-corrected chi connectivity index (χ1v) is 6.23. The molecule has 4 nitrogen and oxygen atoms in total. The van der Waals surface area contributed by atoms with Crippen LogP contribution in [0.15, 0.2) is 18.2 Å². The van der Waals surface area contributed by atoms with Crippen molar-refractivity contribution in [3.05, 3.63) is 34.6 Å². The van der Waals surface area contributed by atoms with Crippen LogP contribution in [-0.4, -0.2) is 23.5 Å². The van der Waals surface area contributed by atoms with E-state index >= 15 is 0 Å². The number of hydrogen-bond donors (Lipinski definition) is 2. The van der Waals surface area contributed by atoms with E-state index in [1.165, 1.54) is 12.1 Å². The average Bonchev–Trinajstić information content (AvgIpc) is 2.33. The average molecular weight is 288 g/mol. The van der Waals surface area contributed by atoms with Crippen LogP contribution in [0.1, 0.15) is 30.1 Å². The largest absolute Gasteiger partial charge is 0.481 e. The molecule has 2 N–H and O–H groups in total. The molecule has 1 rings (SSSR count). The van der Waals surface area contributed by atoms with Crippen LogP contribution < -0.4 is 5.32 Å². The molecule has 1 aromatic rings. The molecule has 0 spiro atoms. The second-order valence-corrected chi connectivity index (χ2v) is 4.81. The van der Waals surface area contributed by atoms with Gasteiger partial charge in [0.05, 0.1) is 5.56 Å². The highest BCUT2D eigenvalue weighted by molar-refractivity contribution is 6.30. The van der Waals surface area contributed by atoms with Crippen molar-refractivity contribution in [2.45, 2.75) is 19.8 Å². The minimum atomic E-state index is -0.873. The molecule has 1 aromatic carbocycles. The first-order valence-electron chi connectivity index (χ1n) is 5.85. The third kappa shape index (κ3) is 5.26. The lowest BCUT2D eigenvalue weighted by molar-refractivity contribution is -0.137. The summed E-state index contributed by atoms with van der Waals surface area (Å²) in [5.74, 6) is -2.07. The van der Waals surface area contributed by atoms with E-state index < -0.39 is 17.7 Å². The molecule has 1 unspecified atom stereocenters. The summed E-state index contributed by atoms with van der Waals surface area (Å²) in [6.45, 7) is 2.12. The number of halogens is 2. The Balaban J connectivity index is 2.49. The van der Waals surface area contributed by atoms with Gasteiger partial charge in [0.15, 0.2) is 0 Å². The van der Waals surface area contributed by atoms with E-state index in [-0.39, 0.29) is 22.9 Å². The van der Waals surface area contributed by atoms with Crippen molar-refractivity contribution < 1.29 is 19.1 Å². The monoisotopic (exact) mass is 287 g/mol. The van der Waals surface area contributed by atoms with Crippen molar-refractivity contribution >= 4 is 23.5 Å². The maximum atomic E-state index is 13.5. The SMILES string of the molecule is CC(CCC(=O)O)CNC(=O)c1ccc(Cl)cc1F. The molecule has 0 aromatic heterocycles. The molecule has 0 aliphatic rings. The minimum Gasteiger partial charge on any atom is -0.481 e. The lowest BCUT2D eigenvalue weighted by Gasteiger charge is -2.11. The molecule has 19 heavy (non-hydrogen) atoms. The summed E-state index contributed by atoms with van der Waals surface area (Å²) in [7, 11) is 0. The maximum absolute atomic E-state index is 13.5. The third-order valence-corrected chi connectivity index (χ3v) is 2.87. The normalized spacial score (nSPS) is 11.9. The minimum absolute atomic E-state index is 0.00964. The zero-order valence-corrected chi connectivity index (χ0v) is 11.2. The van der Waals surface area contributed by atoms with Crippen molar-refractivity contribution in [2.75, 3.05) is 6.54 Å². The molecule has 0 aliphatic heterocycles. The van der Waals surface area contributed by atoms with Crippen molar-refractivity contribution in [3.63, 3.8) is 0 Å². The van der Waals surface area contributed by atoms with Gasteiger partial charge in [-0.1, -0.05) is 18.5 Å². The molecule has 0 fully saturated rings. The van der Waals surface area contributed by atoms with E-state index in [0.29, 0.717) is 13.0 Å². The second kappa shape index (κ2) is 7.09. The smallest absolute Gasteiger partial charge is 0.303 e. The number of nitrogens with one attached hydrogen (secondary N) is 1. The number of carboxylic acids is 1. The topological polar surface area (TPSA) is 66.4 Å². The highest BCUT2D eigenvalue weighted by atomic mass is 35.5. The summed E-state index contributed by atoms with van der Waals surface area (Å²) in [4.78, 5) is 22.1. The van der Waals surface area contributed by atoms with Crippen molar-refractivity contribution in [3.8, 4) is 0 Å². The number of aliphatic carboxylic acids is 1. The number of rotatable bonds is 6. The van der Waals surface area contributed by atoms with Gasteiger partial charge in [-0.2, -0.15) is 0 Å². The van der Waals surface area contributed by atoms with Gasteiger partial charge in [0.1, 0.15) is 5.82 Å². The van der Waals surface area contributed by atoms with Crippen LogP contribution in [-0.2, 0) is 4.79 Å². The number of amides is 1. The Morgan fingerprint density at radius 2 is 2.16 bits per heavy atom. The molecular formula is C13H15ClFNO3. The van der Waals surface area contributed by atoms with E-state index in [0.717, 1.165) is 6.07 Å². The Kier molecular flexibility index (Phi) is 5.76. The summed E-state index contributed by atoms with van der Waals surface area (Å²) < 4.78 is 13.5. The fourth-order valence-corrected chi connectivity index (χ4v) is 1.67. The summed E-state index contributed by atoms with van der Waals surface area (Å²) >= 11 is 5.59. The van der Waals surface area contributed by atoms with E-state index in [4.69, 9.17) is 16.7 Å². The quantitative estimate of drug-likeness (QED) is 0.845. The fourth-order valence-electron chi connectivity index (χ4n) is 1.51. The first-order chi connectivity index (χ1) is 8.90. The van der Waals surface area contributed by atoms with Crippen LogP contribution in [0, 0.1) is 11.7 Å². The molecule has 6 heteroatoms.